The smallest absolute Gasteiger partial charge is 0.244 e. The Bertz CT molecular complexity index is 475. The molecule has 102 valence electrons. The van der Waals surface area contributed by atoms with Crippen molar-refractivity contribution in [1.29, 1.82) is 0 Å². The largest absolute Gasteiger partial charge is 0.490 e. The lowest BCUT2D eigenvalue weighted by Crippen LogP contribution is -2.52. The summed E-state index contributed by atoms with van der Waals surface area (Å²) < 4.78 is 5.60. The van der Waals surface area contributed by atoms with Gasteiger partial charge < -0.3 is 15.0 Å². The molecule has 1 N–H and O–H groups in total. The summed E-state index contributed by atoms with van der Waals surface area (Å²) in [5.41, 5.74) is 0.902. The zero-order chi connectivity index (χ0) is 13.2. The number of carbonyl (C=O) groups is 1. The molecule has 2 unspecified atom stereocenters. The minimum absolute atomic E-state index is 0.0464. The molecule has 3 rings (SSSR count). The van der Waals surface area contributed by atoms with Crippen molar-refractivity contribution in [1.82, 2.24) is 5.32 Å². The van der Waals surface area contributed by atoms with Gasteiger partial charge in [-0.05, 0) is 37.4 Å². The van der Waals surface area contributed by atoms with Crippen molar-refractivity contribution in [3.05, 3.63) is 24.3 Å². The van der Waals surface area contributed by atoms with Crippen LogP contribution in [-0.2, 0) is 4.79 Å². The third-order valence-corrected chi connectivity index (χ3v) is 3.96. The van der Waals surface area contributed by atoms with Crippen LogP contribution in [-0.4, -0.2) is 31.6 Å². The van der Waals surface area contributed by atoms with Gasteiger partial charge in [0.05, 0.1) is 18.3 Å². The fourth-order valence-electron chi connectivity index (χ4n) is 2.88. The quantitative estimate of drug-likeness (QED) is 0.837. The normalized spacial score (nSPS) is 26.5. The summed E-state index contributed by atoms with van der Waals surface area (Å²) >= 11 is 0. The Morgan fingerprint density at radius 2 is 2.26 bits per heavy atom. The third kappa shape index (κ3) is 2.45. The van der Waals surface area contributed by atoms with E-state index in [-0.39, 0.29) is 11.9 Å². The molecule has 0 bridgehead atoms. The van der Waals surface area contributed by atoms with Crippen molar-refractivity contribution in [2.24, 2.45) is 5.92 Å². The van der Waals surface area contributed by atoms with E-state index in [1.807, 2.05) is 29.2 Å². The molecular formula is C15H20N2O2. The maximum atomic E-state index is 12.7. The van der Waals surface area contributed by atoms with Crippen LogP contribution in [0, 0.1) is 5.92 Å². The highest BCUT2D eigenvalue weighted by atomic mass is 16.5. The zero-order valence-electron chi connectivity index (χ0n) is 11.3. The second-order valence-corrected chi connectivity index (χ2v) is 5.44. The minimum Gasteiger partial charge on any atom is -0.490 e. The number of benzene rings is 1. The van der Waals surface area contributed by atoms with E-state index in [0.717, 1.165) is 30.8 Å². The first-order valence-corrected chi connectivity index (χ1v) is 7.02. The predicted molar refractivity (Wildman–Crippen MR) is 74.5 cm³/mol. The number of piperidine rings is 1. The number of para-hydroxylation sites is 2. The number of ether oxygens (including phenoxy) is 1. The molecule has 0 saturated carbocycles. The number of carbonyl (C=O) groups excluding carboxylic acids is 1. The molecule has 2 atom stereocenters. The lowest BCUT2D eigenvalue weighted by Gasteiger charge is -2.35. The Labute approximate surface area is 113 Å². The lowest BCUT2D eigenvalue weighted by atomic mass is 9.93. The van der Waals surface area contributed by atoms with Crippen molar-refractivity contribution in [2.45, 2.75) is 25.8 Å². The summed E-state index contributed by atoms with van der Waals surface area (Å²) in [5, 5.41) is 3.35. The molecule has 19 heavy (non-hydrogen) atoms. The molecule has 1 aromatic rings. The van der Waals surface area contributed by atoms with Crippen LogP contribution in [0.2, 0.25) is 0 Å². The fourth-order valence-corrected chi connectivity index (χ4v) is 2.88. The molecule has 4 heteroatoms. The van der Waals surface area contributed by atoms with Crippen molar-refractivity contribution in [3.63, 3.8) is 0 Å². The van der Waals surface area contributed by atoms with Gasteiger partial charge in [-0.15, -0.1) is 0 Å². The first-order chi connectivity index (χ1) is 9.25. The molecule has 2 aliphatic heterocycles. The number of nitrogens with zero attached hydrogens (tertiary/aromatic N) is 1. The fraction of sp³-hybridized carbons (Fsp3) is 0.533. The van der Waals surface area contributed by atoms with Crippen LogP contribution < -0.4 is 15.0 Å². The average molecular weight is 260 g/mol. The van der Waals surface area contributed by atoms with Gasteiger partial charge in [0.2, 0.25) is 5.91 Å². The molecule has 1 amide bonds. The second-order valence-electron chi connectivity index (χ2n) is 5.44. The summed E-state index contributed by atoms with van der Waals surface area (Å²) in [6, 6.07) is 7.72. The van der Waals surface area contributed by atoms with Crippen molar-refractivity contribution >= 4 is 11.6 Å². The predicted octanol–water partition coefficient (Wildman–Crippen LogP) is 1.80. The molecule has 2 aliphatic rings. The van der Waals surface area contributed by atoms with E-state index in [1.165, 1.54) is 0 Å². The van der Waals surface area contributed by atoms with Gasteiger partial charge >= 0.3 is 0 Å². The number of hydrogen-bond donors (Lipinski definition) is 1. The van der Waals surface area contributed by atoms with E-state index < -0.39 is 0 Å². The van der Waals surface area contributed by atoms with Crippen LogP contribution in [0.1, 0.15) is 19.8 Å². The number of anilines is 1. The highest BCUT2D eigenvalue weighted by Crippen LogP contribution is 2.32. The monoisotopic (exact) mass is 260 g/mol. The van der Waals surface area contributed by atoms with Gasteiger partial charge in [0.15, 0.2) is 0 Å². The molecule has 0 radical (unpaired) electrons. The average Bonchev–Trinajstić information content (AvgIpc) is 2.46. The van der Waals surface area contributed by atoms with Gasteiger partial charge in [0, 0.05) is 0 Å². The first-order valence-electron chi connectivity index (χ1n) is 7.02. The Balaban J connectivity index is 1.81. The molecule has 2 heterocycles. The summed E-state index contributed by atoms with van der Waals surface area (Å²) in [5.74, 6) is 1.61. The maximum absolute atomic E-state index is 12.7. The van der Waals surface area contributed by atoms with Crippen molar-refractivity contribution in [2.75, 3.05) is 24.6 Å². The van der Waals surface area contributed by atoms with Crippen LogP contribution >= 0.6 is 0 Å². The Morgan fingerprint density at radius 1 is 1.42 bits per heavy atom. The van der Waals surface area contributed by atoms with Gasteiger partial charge in [-0.3, -0.25) is 4.79 Å². The number of hydrogen-bond acceptors (Lipinski definition) is 3. The first kappa shape index (κ1) is 12.5. The SMILES string of the molecule is CC1CCNC(C(=O)N2CCOc3ccccc32)C1. The Hall–Kier alpha value is -1.55. The van der Waals surface area contributed by atoms with Gasteiger partial charge in [0.1, 0.15) is 12.4 Å². The van der Waals surface area contributed by atoms with E-state index in [9.17, 15) is 4.79 Å². The van der Waals surface area contributed by atoms with E-state index in [1.54, 1.807) is 0 Å². The van der Waals surface area contributed by atoms with E-state index in [2.05, 4.69) is 12.2 Å². The Kier molecular flexibility index (Phi) is 3.42. The standard InChI is InChI=1S/C15H20N2O2/c1-11-6-7-16-12(10-11)15(18)17-8-9-19-14-5-3-2-4-13(14)17/h2-5,11-12,16H,6-10H2,1H3. The van der Waals surface area contributed by atoms with Crippen LogP contribution in [0.3, 0.4) is 0 Å². The molecule has 0 spiro atoms. The topological polar surface area (TPSA) is 41.6 Å². The number of rotatable bonds is 1. The second kappa shape index (κ2) is 5.21. The lowest BCUT2D eigenvalue weighted by molar-refractivity contribution is -0.121. The highest BCUT2D eigenvalue weighted by molar-refractivity contribution is 5.98. The van der Waals surface area contributed by atoms with E-state index in [4.69, 9.17) is 4.74 Å². The van der Waals surface area contributed by atoms with Crippen molar-refractivity contribution in [3.8, 4) is 5.75 Å². The summed E-state index contributed by atoms with van der Waals surface area (Å²) in [4.78, 5) is 14.5. The van der Waals surface area contributed by atoms with Crippen LogP contribution in [0.25, 0.3) is 0 Å². The van der Waals surface area contributed by atoms with Gasteiger partial charge in [-0.25, -0.2) is 0 Å². The van der Waals surface area contributed by atoms with Gasteiger partial charge in [-0.1, -0.05) is 19.1 Å². The highest BCUT2D eigenvalue weighted by Gasteiger charge is 2.31. The molecule has 0 aliphatic carbocycles. The van der Waals surface area contributed by atoms with Crippen LogP contribution in [0.15, 0.2) is 24.3 Å². The maximum Gasteiger partial charge on any atom is 0.244 e. The van der Waals surface area contributed by atoms with Crippen molar-refractivity contribution < 1.29 is 9.53 Å². The molecule has 1 aromatic carbocycles. The minimum atomic E-state index is -0.0464. The number of fused-ring (bicyclic) bond motifs is 1. The summed E-state index contributed by atoms with van der Waals surface area (Å²) in [7, 11) is 0. The van der Waals surface area contributed by atoms with E-state index >= 15 is 0 Å². The number of amides is 1. The molecule has 1 fully saturated rings. The molecule has 1 saturated heterocycles. The van der Waals surface area contributed by atoms with Crippen LogP contribution in [0.5, 0.6) is 5.75 Å². The Morgan fingerprint density at radius 3 is 3.11 bits per heavy atom. The van der Waals surface area contributed by atoms with Gasteiger partial charge in [-0.2, -0.15) is 0 Å². The molecule has 4 nitrogen and oxygen atoms in total. The molecular weight excluding hydrogens is 240 g/mol. The number of nitrogens with one attached hydrogen (secondary N) is 1. The zero-order valence-corrected chi connectivity index (χ0v) is 11.3. The molecule has 0 aromatic heterocycles. The van der Waals surface area contributed by atoms with E-state index in [0.29, 0.717) is 19.1 Å². The summed E-state index contributed by atoms with van der Waals surface area (Å²) in [6.07, 6.45) is 2.09. The summed E-state index contributed by atoms with van der Waals surface area (Å²) in [6.45, 7) is 4.37. The third-order valence-electron chi connectivity index (χ3n) is 3.96. The van der Waals surface area contributed by atoms with Gasteiger partial charge in [0.25, 0.3) is 0 Å². The van der Waals surface area contributed by atoms with Crippen LogP contribution in [0.4, 0.5) is 5.69 Å².